The predicted octanol–water partition coefficient (Wildman–Crippen LogP) is 4.79. The molecule has 0 aliphatic heterocycles. The third kappa shape index (κ3) is 6.85. The van der Waals surface area contributed by atoms with Gasteiger partial charge in [0.15, 0.2) is 10.9 Å². The van der Waals surface area contributed by atoms with Crippen LogP contribution in [0.5, 0.6) is 5.75 Å². The average Bonchev–Trinajstić information content (AvgIpc) is 3.35. The molecule has 1 unspecified atom stereocenters. The van der Waals surface area contributed by atoms with Crippen LogP contribution in [-0.2, 0) is 0 Å². The minimum Gasteiger partial charge on any atom is -0.406 e. The van der Waals surface area contributed by atoms with Gasteiger partial charge < -0.3 is 10.1 Å². The largest absolute Gasteiger partial charge is 0.573 e. The number of pyridine rings is 1. The molecule has 0 aliphatic carbocycles. The number of benzene rings is 2. The molecule has 0 saturated heterocycles. The van der Waals surface area contributed by atoms with Crippen LogP contribution in [0.4, 0.5) is 13.2 Å². The molecule has 4 rings (SSSR count). The van der Waals surface area contributed by atoms with Gasteiger partial charge in [0.05, 0.1) is 17.9 Å². The van der Waals surface area contributed by atoms with Crippen LogP contribution in [0.15, 0.2) is 84.5 Å². The quantitative estimate of drug-likeness (QED) is 0.210. The summed E-state index contributed by atoms with van der Waals surface area (Å²) in [6.07, 6.45) is 1.85. The third-order valence-electron chi connectivity index (χ3n) is 4.91. The van der Waals surface area contributed by atoms with Crippen molar-refractivity contribution in [3.05, 3.63) is 90.5 Å². The van der Waals surface area contributed by atoms with E-state index in [0.717, 1.165) is 16.7 Å². The summed E-state index contributed by atoms with van der Waals surface area (Å²) in [6, 6.07) is 16.5. The van der Waals surface area contributed by atoms with E-state index in [1.807, 2.05) is 43.3 Å². The van der Waals surface area contributed by atoms with E-state index < -0.39 is 6.36 Å². The first-order valence-corrected chi connectivity index (χ1v) is 11.1. The Morgan fingerprint density at radius 2 is 1.86 bits per heavy atom. The molecule has 184 valence electrons. The molecule has 0 spiro atoms. The monoisotopic (exact) mass is 511 g/mol. The molecule has 0 fully saturated rings. The average molecular weight is 512 g/mol. The minimum atomic E-state index is -4.74. The lowest BCUT2D eigenvalue weighted by Crippen LogP contribution is -2.34. The molecule has 2 aromatic carbocycles. The number of thiocarbonyl (C=S) groups is 1. The van der Waals surface area contributed by atoms with Crippen LogP contribution in [0.25, 0.3) is 17.1 Å². The van der Waals surface area contributed by atoms with Crippen LogP contribution in [0.1, 0.15) is 24.1 Å². The molecule has 2 heterocycles. The van der Waals surface area contributed by atoms with Crippen molar-refractivity contribution in [1.29, 1.82) is 0 Å². The van der Waals surface area contributed by atoms with Crippen molar-refractivity contribution >= 4 is 23.5 Å². The standard InChI is InChI=1S/C24H20F3N7OS/c1-16(19-3-2-12-28-14-19)31-23(36)32-30-13-17-4-6-18(7-5-17)22-29-15-34(33-22)20-8-10-21(11-9-20)35-24(25,26)27/h2-16H,1H3,(H2,31,32,36)/b30-13+. The molecule has 4 aromatic rings. The zero-order valence-electron chi connectivity index (χ0n) is 18.8. The van der Waals surface area contributed by atoms with Gasteiger partial charge in [-0.05, 0) is 60.6 Å². The molecular weight excluding hydrogens is 491 g/mol. The second kappa shape index (κ2) is 11.0. The maximum Gasteiger partial charge on any atom is 0.573 e. The van der Waals surface area contributed by atoms with E-state index in [-0.39, 0.29) is 11.8 Å². The number of aromatic nitrogens is 4. The van der Waals surface area contributed by atoms with Gasteiger partial charge in [0.2, 0.25) is 0 Å². The summed E-state index contributed by atoms with van der Waals surface area (Å²) in [5.41, 5.74) is 5.92. The summed E-state index contributed by atoms with van der Waals surface area (Å²) in [7, 11) is 0. The Morgan fingerprint density at radius 3 is 2.53 bits per heavy atom. The fourth-order valence-electron chi connectivity index (χ4n) is 3.15. The highest BCUT2D eigenvalue weighted by atomic mass is 32.1. The minimum absolute atomic E-state index is 0.0216. The number of ether oxygens (including phenoxy) is 1. The molecule has 0 radical (unpaired) electrons. The van der Waals surface area contributed by atoms with Gasteiger partial charge in [-0.1, -0.05) is 30.3 Å². The summed E-state index contributed by atoms with van der Waals surface area (Å²) in [4.78, 5) is 8.37. The molecule has 12 heteroatoms. The summed E-state index contributed by atoms with van der Waals surface area (Å²) < 4.78 is 42.3. The predicted molar refractivity (Wildman–Crippen MR) is 133 cm³/mol. The number of hydrazone groups is 1. The lowest BCUT2D eigenvalue weighted by atomic mass is 10.1. The Balaban J connectivity index is 1.32. The van der Waals surface area contributed by atoms with Crippen LogP contribution >= 0.6 is 12.2 Å². The molecule has 8 nitrogen and oxygen atoms in total. The van der Waals surface area contributed by atoms with E-state index in [9.17, 15) is 13.2 Å². The molecule has 36 heavy (non-hydrogen) atoms. The van der Waals surface area contributed by atoms with Gasteiger partial charge in [-0.25, -0.2) is 9.67 Å². The fourth-order valence-corrected chi connectivity index (χ4v) is 3.38. The van der Waals surface area contributed by atoms with Crippen molar-refractivity contribution in [3.8, 4) is 22.8 Å². The summed E-state index contributed by atoms with van der Waals surface area (Å²) >= 11 is 5.27. The molecule has 0 amide bonds. The Labute approximate surface area is 209 Å². The van der Waals surface area contributed by atoms with Crippen molar-refractivity contribution < 1.29 is 17.9 Å². The van der Waals surface area contributed by atoms with Crippen molar-refractivity contribution in [1.82, 2.24) is 30.5 Å². The molecule has 0 bridgehead atoms. The highest BCUT2D eigenvalue weighted by Crippen LogP contribution is 2.24. The zero-order chi connectivity index (χ0) is 25.5. The first-order chi connectivity index (χ1) is 17.3. The van der Waals surface area contributed by atoms with E-state index in [2.05, 4.69) is 35.6 Å². The molecule has 2 aromatic heterocycles. The van der Waals surface area contributed by atoms with E-state index in [4.69, 9.17) is 12.2 Å². The van der Waals surface area contributed by atoms with Crippen LogP contribution in [-0.4, -0.2) is 37.4 Å². The number of halogens is 3. The Morgan fingerprint density at radius 1 is 1.11 bits per heavy atom. The first-order valence-electron chi connectivity index (χ1n) is 10.6. The lowest BCUT2D eigenvalue weighted by molar-refractivity contribution is -0.274. The van der Waals surface area contributed by atoms with E-state index >= 15 is 0 Å². The topological polar surface area (TPSA) is 89.2 Å². The van der Waals surface area contributed by atoms with E-state index in [1.54, 1.807) is 18.6 Å². The van der Waals surface area contributed by atoms with Crippen LogP contribution in [0.3, 0.4) is 0 Å². The van der Waals surface area contributed by atoms with Crippen molar-refractivity contribution in [2.75, 3.05) is 0 Å². The fraction of sp³-hybridized carbons (Fsp3) is 0.125. The molecule has 2 N–H and O–H groups in total. The van der Waals surface area contributed by atoms with Gasteiger partial charge >= 0.3 is 6.36 Å². The zero-order valence-corrected chi connectivity index (χ0v) is 19.7. The van der Waals surface area contributed by atoms with E-state index in [1.165, 1.54) is 35.3 Å². The number of hydrogen-bond acceptors (Lipinski definition) is 6. The molecular formula is C24H20F3N7OS. The summed E-state index contributed by atoms with van der Waals surface area (Å²) in [5.74, 6) is 0.153. The molecule has 0 saturated carbocycles. The normalized spacial score (nSPS) is 12.3. The van der Waals surface area contributed by atoms with E-state index in [0.29, 0.717) is 16.6 Å². The van der Waals surface area contributed by atoms with Crippen molar-refractivity contribution in [3.63, 3.8) is 0 Å². The van der Waals surface area contributed by atoms with Gasteiger partial charge in [-0.3, -0.25) is 10.4 Å². The van der Waals surface area contributed by atoms with Crippen LogP contribution in [0.2, 0.25) is 0 Å². The van der Waals surface area contributed by atoms with Crippen LogP contribution < -0.4 is 15.5 Å². The number of nitrogens with zero attached hydrogens (tertiary/aromatic N) is 5. The van der Waals surface area contributed by atoms with Gasteiger partial charge in [0.25, 0.3) is 0 Å². The van der Waals surface area contributed by atoms with Crippen molar-refractivity contribution in [2.24, 2.45) is 5.10 Å². The molecule has 0 aliphatic rings. The number of alkyl halides is 3. The van der Waals surface area contributed by atoms with Gasteiger partial charge in [0.1, 0.15) is 12.1 Å². The van der Waals surface area contributed by atoms with Crippen LogP contribution in [0, 0.1) is 0 Å². The highest BCUT2D eigenvalue weighted by Gasteiger charge is 2.31. The Bertz CT molecular complexity index is 1320. The van der Waals surface area contributed by atoms with Crippen molar-refractivity contribution in [2.45, 2.75) is 19.3 Å². The summed E-state index contributed by atoms with van der Waals surface area (Å²) in [5, 5.41) is 12.1. The lowest BCUT2D eigenvalue weighted by Gasteiger charge is -2.15. The second-order valence-corrected chi connectivity index (χ2v) is 7.94. The SMILES string of the molecule is CC(NC(=S)N/N=C/c1ccc(-c2ncn(-c3ccc(OC(F)(F)F)cc3)n2)cc1)c1cccnc1. The van der Waals surface area contributed by atoms with Gasteiger partial charge in [-0.15, -0.1) is 18.3 Å². The maximum absolute atomic E-state index is 12.3. The third-order valence-corrected chi connectivity index (χ3v) is 5.12. The smallest absolute Gasteiger partial charge is 0.406 e. The number of nitrogens with one attached hydrogen (secondary N) is 2. The van der Waals surface area contributed by atoms with Gasteiger partial charge in [0, 0.05) is 18.0 Å². The Kier molecular flexibility index (Phi) is 7.54. The summed E-state index contributed by atoms with van der Waals surface area (Å²) in [6.45, 7) is 1.97. The first kappa shape index (κ1) is 24.8. The number of rotatable bonds is 7. The maximum atomic E-state index is 12.3. The second-order valence-electron chi connectivity index (χ2n) is 7.53. The molecule has 1 atom stereocenters. The highest BCUT2D eigenvalue weighted by molar-refractivity contribution is 7.80. The van der Waals surface area contributed by atoms with Gasteiger partial charge in [-0.2, -0.15) is 5.10 Å². The number of hydrogen-bond donors (Lipinski definition) is 2. The Hall–Kier alpha value is -4.32.